The van der Waals surface area contributed by atoms with Gasteiger partial charge in [0.2, 0.25) is 5.91 Å². The van der Waals surface area contributed by atoms with Crippen LogP contribution in [0.4, 0.5) is 0 Å². The molecular weight excluding hydrogens is 282 g/mol. The Morgan fingerprint density at radius 2 is 1.80 bits per heavy atom. The van der Waals surface area contributed by atoms with Crippen LogP contribution in [0.1, 0.15) is 18.9 Å². The smallest absolute Gasteiger partial charge is 0.303 e. The summed E-state index contributed by atoms with van der Waals surface area (Å²) in [5.41, 5.74) is 0.740. The Kier molecular flexibility index (Phi) is 5.69. The number of carboxylic acid groups (broad SMARTS) is 1. The summed E-state index contributed by atoms with van der Waals surface area (Å²) in [6, 6.07) is 5.92. The van der Waals surface area contributed by atoms with Crippen LogP contribution in [0.25, 0.3) is 0 Å². The lowest BCUT2D eigenvalue weighted by atomic mass is 10.1. The Morgan fingerprint density at radius 1 is 1.20 bits per heavy atom. The fraction of sp³-hybridized carbons (Fsp3) is 0.385. The van der Waals surface area contributed by atoms with Gasteiger partial charge in [0.15, 0.2) is 9.84 Å². The van der Waals surface area contributed by atoms with Crippen molar-refractivity contribution in [3.8, 4) is 0 Å². The first-order valence-electron chi connectivity index (χ1n) is 6.15. The van der Waals surface area contributed by atoms with Gasteiger partial charge in [0, 0.05) is 13.0 Å². The predicted molar refractivity (Wildman–Crippen MR) is 73.1 cm³/mol. The second-order valence-corrected chi connectivity index (χ2v) is 6.24. The molecular formula is C13H17NO5S. The summed E-state index contributed by atoms with van der Waals surface area (Å²) in [5, 5.41) is 11.0. The van der Waals surface area contributed by atoms with E-state index in [2.05, 4.69) is 5.32 Å². The fourth-order valence-corrected chi connectivity index (χ4v) is 2.78. The number of aryl methyl sites for hydroxylation is 1. The number of benzene rings is 1. The van der Waals surface area contributed by atoms with Gasteiger partial charge in [-0.1, -0.05) is 12.1 Å². The third-order valence-corrected chi connectivity index (χ3v) is 4.24. The van der Waals surface area contributed by atoms with Crippen LogP contribution in [0.2, 0.25) is 0 Å². The Bertz CT molecular complexity index is 577. The van der Waals surface area contributed by atoms with Crippen LogP contribution in [0, 0.1) is 0 Å². The Hall–Kier alpha value is -1.89. The maximum atomic E-state index is 11.9. The quantitative estimate of drug-likeness (QED) is 0.768. The maximum absolute atomic E-state index is 11.9. The molecule has 0 saturated carbocycles. The monoisotopic (exact) mass is 299 g/mol. The number of amides is 1. The molecule has 1 aromatic rings. The van der Waals surface area contributed by atoms with Crippen LogP contribution in [0.5, 0.6) is 0 Å². The third kappa shape index (κ3) is 5.00. The van der Waals surface area contributed by atoms with E-state index in [0.717, 1.165) is 5.56 Å². The second kappa shape index (κ2) is 7.04. The van der Waals surface area contributed by atoms with Gasteiger partial charge in [-0.25, -0.2) is 8.42 Å². The molecule has 0 bridgehead atoms. The molecule has 0 unspecified atom stereocenters. The van der Waals surface area contributed by atoms with Crippen molar-refractivity contribution in [1.82, 2.24) is 5.32 Å². The first-order valence-corrected chi connectivity index (χ1v) is 7.80. The highest BCUT2D eigenvalue weighted by atomic mass is 32.2. The van der Waals surface area contributed by atoms with Gasteiger partial charge >= 0.3 is 5.97 Å². The molecule has 0 radical (unpaired) electrons. The number of aliphatic carboxylic acids is 1. The minimum atomic E-state index is -3.66. The fourth-order valence-electron chi connectivity index (χ4n) is 1.62. The Morgan fingerprint density at radius 3 is 2.30 bits per heavy atom. The molecule has 0 aliphatic carbocycles. The van der Waals surface area contributed by atoms with Crippen LogP contribution in [0.3, 0.4) is 0 Å². The van der Waals surface area contributed by atoms with Gasteiger partial charge in [-0.15, -0.1) is 0 Å². The summed E-state index contributed by atoms with van der Waals surface area (Å²) in [4.78, 5) is 21.8. The van der Waals surface area contributed by atoms with E-state index in [-0.39, 0.29) is 11.3 Å². The van der Waals surface area contributed by atoms with Crippen LogP contribution in [-0.2, 0) is 25.8 Å². The molecule has 1 rings (SSSR count). The SMILES string of the molecule is CCNC(=O)CS(=O)(=O)c1ccc(CCC(=O)O)cc1. The van der Waals surface area contributed by atoms with Crippen LogP contribution < -0.4 is 5.32 Å². The molecule has 2 N–H and O–H groups in total. The van der Waals surface area contributed by atoms with Crippen molar-refractivity contribution >= 4 is 21.7 Å². The first-order chi connectivity index (χ1) is 9.35. The molecule has 0 fully saturated rings. The summed E-state index contributed by atoms with van der Waals surface area (Å²) < 4.78 is 23.9. The average molecular weight is 299 g/mol. The Balaban J connectivity index is 2.76. The molecule has 0 saturated heterocycles. The zero-order valence-corrected chi connectivity index (χ0v) is 11.9. The first kappa shape index (κ1) is 16.2. The number of nitrogens with one attached hydrogen (secondary N) is 1. The largest absolute Gasteiger partial charge is 0.481 e. The van der Waals surface area contributed by atoms with Gasteiger partial charge in [0.1, 0.15) is 5.75 Å². The average Bonchev–Trinajstić information content (AvgIpc) is 2.36. The van der Waals surface area contributed by atoms with Crippen LogP contribution in [0.15, 0.2) is 29.2 Å². The molecule has 0 aliphatic heterocycles. The molecule has 0 atom stereocenters. The van der Waals surface area contributed by atoms with Gasteiger partial charge < -0.3 is 10.4 Å². The lowest BCUT2D eigenvalue weighted by molar-refractivity contribution is -0.137. The highest BCUT2D eigenvalue weighted by Crippen LogP contribution is 2.13. The van der Waals surface area contributed by atoms with Gasteiger partial charge in [-0.3, -0.25) is 9.59 Å². The second-order valence-electron chi connectivity index (χ2n) is 4.25. The number of carbonyl (C=O) groups excluding carboxylic acids is 1. The lowest BCUT2D eigenvalue weighted by Gasteiger charge is -2.06. The summed E-state index contributed by atoms with van der Waals surface area (Å²) in [7, 11) is -3.66. The predicted octanol–water partition coefficient (Wildman–Crippen LogP) is 0.614. The minimum Gasteiger partial charge on any atom is -0.481 e. The van der Waals surface area contributed by atoms with E-state index >= 15 is 0 Å². The molecule has 6 nitrogen and oxygen atoms in total. The molecule has 110 valence electrons. The third-order valence-electron chi connectivity index (χ3n) is 2.61. The number of sulfone groups is 1. The molecule has 1 amide bonds. The number of hydrogen-bond donors (Lipinski definition) is 2. The number of carboxylic acids is 1. The molecule has 0 aliphatic rings. The van der Waals surface area contributed by atoms with Gasteiger partial charge in [0.05, 0.1) is 4.90 Å². The van der Waals surface area contributed by atoms with E-state index in [9.17, 15) is 18.0 Å². The van der Waals surface area contributed by atoms with Crippen LogP contribution in [-0.4, -0.2) is 37.7 Å². The standard InChI is InChI=1S/C13H17NO5S/c1-2-14-12(15)9-20(18,19)11-6-3-10(4-7-11)5-8-13(16)17/h3-4,6-7H,2,5,8-9H2,1H3,(H,14,15)(H,16,17). The summed E-state index contributed by atoms with van der Waals surface area (Å²) >= 11 is 0. The van der Waals surface area contributed by atoms with Crippen molar-refractivity contribution < 1.29 is 23.1 Å². The van der Waals surface area contributed by atoms with Crippen molar-refractivity contribution in [2.45, 2.75) is 24.7 Å². The van der Waals surface area contributed by atoms with Crippen LogP contribution >= 0.6 is 0 Å². The number of carbonyl (C=O) groups is 2. The highest BCUT2D eigenvalue weighted by molar-refractivity contribution is 7.92. The van der Waals surface area contributed by atoms with E-state index < -0.39 is 27.5 Å². The van der Waals surface area contributed by atoms with E-state index in [4.69, 9.17) is 5.11 Å². The van der Waals surface area contributed by atoms with Crippen molar-refractivity contribution in [3.63, 3.8) is 0 Å². The maximum Gasteiger partial charge on any atom is 0.303 e. The zero-order chi connectivity index (χ0) is 15.2. The zero-order valence-electron chi connectivity index (χ0n) is 11.1. The molecule has 20 heavy (non-hydrogen) atoms. The van der Waals surface area contributed by atoms with E-state index in [1.165, 1.54) is 12.1 Å². The summed E-state index contributed by atoms with van der Waals surface area (Å²) in [5.74, 6) is -2.03. The van der Waals surface area contributed by atoms with Crippen molar-refractivity contribution in [1.29, 1.82) is 0 Å². The van der Waals surface area contributed by atoms with E-state index in [1.807, 2.05) is 0 Å². The van der Waals surface area contributed by atoms with Crippen molar-refractivity contribution in [3.05, 3.63) is 29.8 Å². The Labute approximate surface area is 117 Å². The topological polar surface area (TPSA) is 101 Å². The molecule has 0 heterocycles. The van der Waals surface area contributed by atoms with E-state index in [1.54, 1.807) is 19.1 Å². The number of rotatable bonds is 7. The van der Waals surface area contributed by atoms with Gasteiger partial charge in [-0.2, -0.15) is 0 Å². The minimum absolute atomic E-state index is 0.00893. The molecule has 7 heteroatoms. The molecule has 0 aromatic heterocycles. The lowest BCUT2D eigenvalue weighted by Crippen LogP contribution is -2.30. The molecule has 0 spiro atoms. The van der Waals surface area contributed by atoms with Crippen molar-refractivity contribution in [2.75, 3.05) is 12.3 Å². The summed E-state index contributed by atoms with van der Waals surface area (Å²) in [6.45, 7) is 2.09. The van der Waals surface area contributed by atoms with E-state index in [0.29, 0.717) is 13.0 Å². The molecule has 1 aromatic carbocycles. The van der Waals surface area contributed by atoms with Gasteiger partial charge in [0.25, 0.3) is 0 Å². The normalized spacial score (nSPS) is 11.1. The van der Waals surface area contributed by atoms with Crippen molar-refractivity contribution in [2.24, 2.45) is 0 Å². The highest BCUT2D eigenvalue weighted by Gasteiger charge is 2.18. The number of hydrogen-bond acceptors (Lipinski definition) is 4. The van der Waals surface area contributed by atoms with Gasteiger partial charge in [-0.05, 0) is 31.0 Å². The summed E-state index contributed by atoms with van der Waals surface area (Å²) in [6.07, 6.45) is 0.330.